The second kappa shape index (κ2) is 10.1. The molecule has 1 fully saturated rings. The highest BCUT2D eigenvalue weighted by Gasteiger charge is 2.25. The molecular formula is C27H36N4O2. The molecule has 1 atom stereocenters. The fraction of sp³-hybridized carbons (Fsp3) is 0.481. The zero-order valence-electron chi connectivity index (χ0n) is 20.8. The number of hydrogen-bond acceptors (Lipinski definition) is 5. The molecule has 6 heteroatoms. The molecule has 33 heavy (non-hydrogen) atoms. The molecule has 2 aromatic heterocycles. The minimum atomic E-state index is -0.0246. The van der Waals surface area contributed by atoms with Crippen molar-refractivity contribution in [1.29, 1.82) is 0 Å². The van der Waals surface area contributed by atoms with Crippen LogP contribution in [0.25, 0.3) is 0 Å². The second-order valence-corrected chi connectivity index (χ2v) is 9.35. The lowest BCUT2D eigenvalue weighted by Gasteiger charge is -2.33. The van der Waals surface area contributed by atoms with Gasteiger partial charge in [0.05, 0.1) is 25.1 Å². The summed E-state index contributed by atoms with van der Waals surface area (Å²) in [6.07, 6.45) is 0.819. The number of rotatable bonds is 7. The minimum absolute atomic E-state index is 0.0246. The standard InChI is InChI=1S/C27H36N4O2/c1-18(2)31-21(5)25(20(4)29-31)16-30-10-11-33-27(17-30)26-15-23(12-19(3)28-26)13-22-8-7-9-24(14-22)32-6/h7-9,12,14-15,18,27H,10-11,13,16-17H2,1-6H3. The molecule has 1 unspecified atom stereocenters. The minimum Gasteiger partial charge on any atom is -0.497 e. The Labute approximate surface area is 197 Å². The van der Waals surface area contributed by atoms with E-state index in [1.807, 2.05) is 12.1 Å². The molecule has 176 valence electrons. The van der Waals surface area contributed by atoms with Gasteiger partial charge in [0.1, 0.15) is 11.9 Å². The van der Waals surface area contributed by atoms with Gasteiger partial charge in [-0.3, -0.25) is 14.6 Å². The average Bonchev–Trinajstić information content (AvgIpc) is 3.07. The number of ether oxygens (including phenoxy) is 2. The summed E-state index contributed by atoms with van der Waals surface area (Å²) in [7, 11) is 1.71. The number of pyridine rings is 1. The van der Waals surface area contributed by atoms with Gasteiger partial charge in [-0.2, -0.15) is 5.10 Å². The first-order chi connectivity index (χ1) is 15.8. The smallest absolute Gasteiger partial charge is 0.119 e. The largest absolute Gasteiger partial charge is 0.497 e. The zero-order valence-corrected chi connectivity index (χ0v) is 20.8. The van der Waals surface area contributed by atoms with E-state index in [1.54, 1.807) is 7.11 Å². The van der Waals surface area contributed by atoms with Gasteiger partial charge < -0.3 is 9.47 Å². The quantitative estimate of drug-likeness (QED) is 0.511. The maximum Gasteiger partial charge on any atom is 0.119 e. The van der Waals surface area contributed by atoms with E-state index in [2.05, 4.69) is 68.5 Å². The van der Waals surface area contributed by atoms with Crippen molar-refractivity contribution in [2.45, 2.75) is 59.7 Å². The predicted molar refractivity (Wildman–Crippen MR) is 131 cm³/mol. The van der Waals surface area contributed by atoms with Crippen molar-refractivity contribution in [3.05, 3.63) is 75.9 Å². The van der Waals surface area contributed by atoms with Crippen LogP contribution in [-0.4, -0.2) is 46.5 Å². The molecule has 0 saturated carbocycles. The second-order valence-electron chi connectivity index (χ2n) is 9.35. The molecule has 1 aliphatic rings. The van der Waals surface area contributed by atoms with Crippen molar-refractivity contribution in [2.75, 3.05) is 26.8 Å². The number of nitrogens with zero attached hydrogens (tertiary/aromatic N) is 4. The summed E-state index contributed by atoms with van der Waals surface area (Å²) in [5.41, 5.74) is 8.24. The SMILES string of the molecule is COc1cccc(Cc2cc(C)nc(C3CN(Cc4c(C)nn(C(C)C)c4C)CCO3)c2)c1. The van der Waals surface area contributed by atoms with Crippen LogP contribution in [-0.2, 0) is 17.7 Å². The van der Waals surface area contributed by atoms with Crippen LogP contribution in [0.15, 0.2) is 36.4 Å². The topological polar surface area (TPSA) is 52.4 Å². The molecule has 0 bridgehead atoms. The number of aromatic nitrogens is 3. The summed E-state index contributed by atoms with van der Waals surface area (Å²) in [5.74, 6) is 0.885. The Morgan fingerprint density at radius 1 is 1.12 bits per heavy atom. The fourth-order valence-corrected chi connectivity index (χ4v) is 4.73. The van der Waals surface area contributed by atoms with E-state index in [9.17, 15) is 0 Å². The molecule has 0 aliphatic carbocycles. The van der Waals surface area contributed by atoms with E-state index in [-0.39, 0.29) is 6.10 Å². The zero-order chi connectivity index (χ0) is 23.5. The van der Waals surface area contributed by atoms with Crippen LogP contribution in [0.5, 0.6) is 5.75 Å². The van der Waals surface area contributed by atoms with Crippen LogP contribution in [0.1, 0.15) is 65.5 Å². The first kappa shape index (κ1) is 23.5. The molecule has 0 spiro atoms. The van der Waals surface area contributed by atoms with Crippen molar-refractivity contribution in [3.63, 3.8) is 0 Å². The van der Waals surface area contributed by atoms with E-state index in [1.165, 1.54) is 22.4 Å². The van der Waals surface area contributed by atoms with Gasteiger partial charge in [0.15, 0.2) is 0 Å². The Hall–Kier alpha value is -2.70. The molecule has 0 amide bonds. The molecule has 3 heterocycles. The van der Waals surface area contributed by atoms with Gasteiger partial charge >= 0.3 is 0 Å². The van der Waals surface area contributed by atoms with Crippen molar-refractivity contribution in [3.8, 4) is 5.75 Å². The molecule has 3 aromatic rings. The Kier molecular flexibility index (Phi) is 7.15. The van der Waals surface area contributed by atoms with Gasteiger partial charge in [-0.05, 0) is 76.4 Å². The van der Waals surface area contributed by atoms with Gasteiger partial charge in [0, 0.05) is 42.6 Å². The van der Waals surface area contributed by atoms with Gasteiger partial charge in [-0.25, -0.2) is 0 Å². The van der Waals surface area contributed by atoms with Crippen molar-refractivity contribution in [1.82, 2.24) is 19.7 Å². The van der Waals surface area contributed by atoms with Crippen molar-refractivity contribution in [2.24, 2.45) is 0 Å². The summed E-state index contributed by atoms with van der Waals surface area (Å²) in [4.78, 5) is 7.32. The van der Waals surface area contributed by atoms with Gasteiger partial charge in [0.25, 0.3) is 0 Å². The number of hydrogen-bond donors (Lipinski definition) is 0. The molecule has 4 rings (SSSR count). The van der Waals surface area contributed by atoms with Crippen molar-refractivity contribution < 1.29 is 9.47 Å². The Morgan fingerprint density at radius 3 is 2.67 bits per heavy atom. The molecular weight excluding hydrogens is 412 g/mol. The van der Waals surface area contributed by atoms with Crippen LogP contribution >= 0.6 is 0 Å². The van der Waals surface area contributed by atoms with Crippen LogP contribution in [0.2, 0.25) is 0 Å². The van der Waals surface area contributed by atoms with Gasteiger partial charge in [0.2, 0.25) is 0 Å². The van der Waals surface area contributed by atoms with Crippen LogP contribution in [0.4, 0.5) is 0 Å². The molecule has 0 radical (unpaired) electrons. The van der Waals surface area contributed by atoms with E-state index >= 15 is 0 Å². The Morgan fingerprint density at radius 2 is 1.94 bits per heavy atom. The number of morpholine rings is 1. The fourth-order valence-electron chi connectivity index (χ4n) is 4.73. The summed E-state index contributed by atoms with van der Waals surface area (Å²) < 4.78 is 13.7. The van der Waals surface area contributed by atoms with E-state index < -0.39 is 0 Å². The normalized spacial score (nSPS) is 17.0. The van der Waals surface area contributed by atoms with E-state index in [0.29, 0.717) is 12.6 Å². The lowest BCUT2D eigenvalue weighted by molar-refractivity contribution is -0.0352. The maximum atomic E-state index is 6.19. The van der Waals surface area contributed by atoms with Crippen molar-refractivity contribution >= 4 is 0 Å². The summed E-state index contributed by atoms with van der Waals surface area (Å²) >= 11 is 0. The summed E-state index contributed by atoms with van der Waals surface area (Å²) in [5, 5.41) is 4.77. The predicted octanol–water partition coefficient (Wildman–Crippen LogP) is 4.96. The van der Waals surface area contributed by atoms with E-state index in [4.69, 9.17) is 19.6 Å². The summed E-state index contributed by atoms with van der Waals surface area (Å²) in [6.45, 7) is 14.1. The van der Waals surface area contributed by atoms with E-state index in [0.717, 1.165) is 48.9 Å². The highest BCUT2D eigenvalue weighted by molar-refractivity contribution is 5.34. The Bertz CT molecular complexity index is 1110. The van der Waals surface area contributed by atoms with Crippen LogP contribution in [0, 0.1) is 20.8 Å². The highest BCUT2D eigenvalue weighted by atomic mass is 16.5. The lowest BCUT2D eigenvalue weighted by Crippen LogP contribution is -2.38. The Balaban J connectivity index is 1.50. The van der Waals surface area contributed by atoms with Crippen LogP contribution in [0.3, 0.4) is 0 Å². The number of benzene rings is 1. The molecule has 1 saturated heterocycles. The maximum absolute atomic E-state index is 6.19. The third kappa shape index (κ3) is 5.45. The average molecular weight is 449 g/mol. The van der Waals surface area contributed by atoms with Gasteiger partial charge in [-0.15, -0.1) is 0 Å². The van der Waals surface area contributed by atoms with Gasteiger partial charge in [-0.1, -0.05) is 12.1 Å². The van der Waals surface area contributed by atoms with Crippen LogP contribution < -0.4 is 4.74 Å². The number of aryl methyl sites for hydroxylation is 2. The molecule has 1 aromatic carbocycles. The third-order valence-corrected chi connectivity index (χ3v) is 6.40. The molecule has 0 N–H and O–H groups in total. The first-order valence-electron chi connectivity index (χ1n) is 11.8. The molecule has 1 aliphatic heterocycles. The monoisotopic (exact) mass is 448 g/mol. The lowest BCUT2D eigenvalue weighted by atomic mass is 10.0. The number of methoxy groups -OCH3 is 1. The summed E-state index contributed by atoms with van der Waals surface area (Å²) in [6, 6.07) is 13.0. The highest BCUT2D eigenvalue weighted by Crippen LogP contribution is 2.26. The first-order valence-corrected chi connectivity index (χ1v) is 11.8. The molecule has 6 nitrogen and oxygen atoms in total. The third-order valence-electron chi connectivity index (χ3n) is 6.40.